The van der Waals surface area contributed by atoms with Crippen molar-refractivity contribution in [1.29, 1.82) is 0 Å². The highest BCUT2D eigenvalue weighted by Gasteiger charge is 2.16. The zero-order chi connectivity index (χ0) is 14.4. The maximum atomic E-state index is 12.0. The van der Waals surface area contributed by atoms with Crippen molar-refractivity contribution < 1.29 is 9.90 Å². The topological polar surface area (TPSA) is 62.2 Å². The molecule has 1 aromatic rings. The Kier molecular flexibility index (Phi) is 6.45. The summed E-state index contributed by atoms with van der Waals surface area (Å²) in [6, 6.07) is 0.0284. The summed E-state index contributed by atoms with van der Waals surface area (Å²) in [4.78, 5) is 16.4. The maximum Gasteiger partial charge on any atom is 0.226 e. The third-order valence-corrected chi connectivity index (χ3v) is 4.19. The molecule has 108 valence electrons. The van der Waals surface area contributed by atoms with E-state index in [1.807, 2.05) is 19.2 Å². The zero-order valence-corrected chi connectivity index (χ0v) is 13.0. The number of aliphatic hydroxyl groups excluding tert-OH is 1. The molecule has 0 aromatic carbocycles. The van der Waals surface area contributed by atoms with Crippen molar-refractivity contribution in [3.63, 3.8) is 0 Å². The van der Waals surface area contributed by atoms with E-state index in [1.165, 1.54) is 0 Å². The van der Waals surface area contributed by atoms with E-state index in [4.69, 9.17) is 5.11 Å². The van der Waals surface area contributed by atoms with Gasteiger partial charge < -0.3 is 10.4 Å². The summed E-state index contributed by atoms with van der Waals surface area (Å²) in [5.41, 5.74) is 0.831. The third kappa shape index (κ3) is 5.28. The van der Waals surface area contributed by atoms with Gasteiger partial charge in [0.25, 0.3) is 0 Å². The van der Waals surface area contributed by atoms with E-state index in [0.717, 1.165) is 10.7 Å². The third-order valence-electron chi connectivity index (χ3n) is 3.00. The van der Waals surface area contributed by atoms with E-state index < -0.39 is 0 Å². The second-order valence-corrected chi connectivity index (χ2v) is 6.33. The van der Waals surface area contributed by atoms with Gasteiger partial charge in [-0.05, 0) is 12.3 Å². The summed E-state index contributed by atoms with van der Waals surface area (Å²) in [5.74, 6) is 0.699. The molecule has 1 atom stereocenters. The van der Waals surface area contributed by atoms with Crippen molar-refractivity contribution in [2.75, 3.05) is 6.61 Å². The summed E-state index contributed by atoms with van der Waals surface area (Å²) in [5, 5.41) is 15.0. The van der Waals surface area contributed by atoms with Crippen molar-refractivity contribution in [1.82, 2.24) is 10.3 Å². The molecular weight excluding hydrogens is 260 g/mol. The van der Waals surface area contributed by atoms with Crippen LogP contribution in [-0.4, -0.2) is 28.6 Å². The van der Waals surface area contributed by atoms with Gasteiger partial charge in [0.05, 0.1) is 17.1 Å². The summed E-state index contributed by atoms with van der Waals surface area (Å²) < 4.78 is 0. The molecule has 0 radical (unpaired) electrons. The Morgan fingerprint density at radius 3 is 2.58 bits per heavy atom. The minimum Gasteiger partial charge on any atom is -0.396 e. The number of carbonyl (C=O) groups excluding carboxylic acids is 1. The monoisotopic (exact) mass is 284 g/mol. The molecule has 1 rings (SSSR count). The molecule has 4 nitrogen and oxygen atoms in total. The van der Waals surface area contributed by atoms with Gasteiger partial charge in [0.2, 0.25) is 5.91 Å². The number of nitrogens with zero attached hydrogens (tertiary/aromatic N) is 1. The second kappa shape index (κ2) is 7.60. The van der Waals surface area contributed by atoms with Crippen molar-refractivity contribution in [3.05, 3.63) is 16.1 Å². The van der Waals surface area contributed by atoms with Gasteiger partial charge in [0, 0.05) is 23.9 Å². The van der Waals surface area contributed by atoms with Crippen LogP contribution in [0.2, 0.25) is 0 Å². The lowest BCUT2D eigenvalue weighted by molar-refractivity contribution is -0.121. The first-order valence-electron chi connectivity index (χ1n) is 6.78. The number of amides is 1. The summed E-state index contributed by atoms with van der Waals surface area (Å²) in [7, 11) is 0. The van der Waals surface area contributed by atoms with Crippen molar-refractivity contribution in [2.24, 2.45) is 5.92 Å². The van der Waals surface area contributed by atoms with Crippen LogP contribution < -0.4 is 5.32 Å². The Hall–Kier alpha value is -0.940. The number of hydrogen-bond donors (Lipinski definition) is 2. The summed E-state index contributed by atoms with van der Waals surface area (Å²) in [6.07, 6.45) is 0.912. The Bertz CT molecular complexity index is 402. The van der Waals surface area contributed by atoms with Crippen LogP contribution in [0.15, 0.2) is 5.38 Å². The van der Waals surface area contributed by atoms with E-state index in [2.05, 4.69) is 24.1 Å². The molecule has 0 spiro atoms. The Balaban J connectivity index is 2.53. The quantitative estimate of drug-likeness (QED) is 0.808. The van der Waals surface area contributed by atoms with E-state index >= 15 is 0 Å². The fourth-order valence-electron chi connectivity index (χ4n) is 1.80. The smallest absolute Gasteiger partial charge is 0.226 e. The van der Waals surface area contributed by atoms with E-state index in [0.29, 0.717) is 24.7 Å². The molecule has 0 aliphatic heterocycles. The molecule has 1 aromatic heterocycles. The molecular formula is C14H24N2O2S. The SMILES string of the molecule is CC(C)c1nc(CC(=O)NC(CCO)C(C)C)cs1. The molecule has 1 heterocycles. The second-order valence-electron chi connectivity index (χ2n) is 5.44. The van der Waals surface area contributed by atoms with Gasteiger partial charge in [-0.3, -0.25) is 4.79 Å². The molecule has 1 amide bonds. The first kappa shape index (κ1) is 16.1. The summed E-state index contributed by atoms with van der Waals surface area (Å²) >= 11 is 1.60. The van der Waals surface area contributed by atoms with Gasteiger partial charge in [0.1, 0.15) is 0 Å². The highest BCUT2D eigenvalue weighted by Crippen LogP contribution is 2.19. The molecule has 0 saturated heterocycles. The highest BCUT2D eigenvalue weighted by molar-refractivity contribution is 7.09. The number of rotatable bonds is 7. The molecule has 0 saturated carbocycles. The van der Waals surface area contributed by atoms with Crippen LogP contribution in [0.3, 0.4) is 0 Å². The average molecular weight is 284 g/mol. The van der Waals surface area contributed by atoms with Gasteiger partial charge in [-0.15, -0.1) is 11.3 Å². The van der Waals surface area contributed by atoms with Crippen LogP contribution >= 0.6 is 11.3 Å². The maximum absolute atomic E-state index is 12.0. The number of thiazole rings is 1. The lowest BCUT2D eigenvalue weighted by atomic mass is 10.0. The minimum absolute atomic E-state index is 0.0206. The number of carbonyl (C=O) groups is 1. The molecule has 0 bridgehead atoms. The Morgan fingerprint density at radius 1 is 1.42 bits per heavy atom. The normalized spacial score (nSPS) is 13.0. The van der Waals surface area contributed by atoms with Crippen molar-refractivity contribution >= 4 is 17.2 Å². The van der Waals surface area contributed by atoms with Crippen LogP contribution in [0, 0.1) is 5.92 Å². The minimum atomic E-state index is -0.0206. The van der Waals surface area contributed by atoms with E-state index in [9.17, 15) is 4.79 Å². The Morgan fingerprint density at radius 2 is 2.11 bits per heavy atom. The van der Waals surface area contributed by atoms with Crippen LogP contribution in [0.4, 0.5) is 0 Å². The molecule has 0 fully saturated rings. The van der Waals surface area contributed by atoms with Gasteiger partial charge >= 0.3 is 0 Å². The number of aliphatic hydroxyl groups is 1. The first-order valence-corrected chi connectivity index (χ1v) is 7.66. The highest BCUT2D eigenvalue weighted by atomic mass is 32.1. The lowest BCUT2D eigenvalue weighted by Crippen LogP contribution is -2.40. The molecule has 1 unspecified atom stereocenters. The van der Waals surface area contributed by atoms with Crippen LogP contribution in [-0.2, 0) is 11.2 Å². The predicted octanol–water partition coefficient (Wildman–Crippen LogP) is 2.33. The van der Waals surface area contributed by atoms with Gasteiger partial charge in [-0.1, -0.05) is 27.7 Å². The molecule has 5 heteroatoms. The van der Waals surface area contributed by atoms with Crippen molar-refractivity contribution in [3.8, 4) is 0 Å². The molecule has 0 aliphatic carbocycles. The average Bonchev–Trinajstić information content (AvgIpc) is 2.76. The molecule has 0 aliphatic rings. The molecule has 19 heavy (non-hydrogen) atoms. The molecule has 2 N–H and O–H groups in total. The number of nitrogens with one attached hydrogen (secondary N) is 1. The summed E-state index contributed by atoms with van der Waals surface area (Å²) in [6.45, 7) is 8.37. The Labute approximate surface area is 119 Å². The number of hydrogen-bond acceptors (Lipinski definition) is 4. The fourth-order valence-corrected chi connectivity index (χ4v) is 2.64. The van der Waals surface area contributed by atoms with Gasteiger partial charge in [-0.2, -0.15) is 0 Å². The standard InChI is InChI=1S/C14H24N2O2S/c1-9(2)12(5-6-17)16-13(18)7-11-8-19-14(15-11)10(3)4/h8-10,12,17H,5-7H2,1-4H3,(H,16,18). The van der Waals surface area contributed by atoms with Crippen molar-refractivity contribution in [2.45, 2.75) is 52.5 Å². The van der Waals surface area contributed by atoms with Gasteiger partial charge in [-0.25, -0.2) is 4.98 Å². The number of aromatic nitrogens is 1. The van der Waals surface area contributed by atoms with Gasteiger partial charge in [0.15, 0.2) is 0 Å². The van der Waals surface area contributed by atoms with E-state index in [1.54, 1.807) is 11.3 Å². The zero-order valence-electron chi connectivity index (χ0n) is 12.1. The van der Waals surface area contributed by atoms with Crippen LogP contribution in [0.25, 0.3) is 0 Å². The van der Waals surface area contributed by atoms with E-state index in [-0.39, 0.29) is 18.6 Å². The predicted molar refractivity (Wildman–Crippen MR) is 78.4 cm³/mol. The first-order chi connectivity index (χ1) is 8.93. The lowest BCUT2D eigenvalue weighted by Gasteiger charge is -2.21. The fraction of sp³-hybridized carbons (Fsp3) is 0.714. The van der Waals surface area contributed by atoms with Crippen LogP contribution in [0.1, 0.15) is 50.7 Å². The largest absolute Gasteiger partial charge is 0.396 e. The van der Waals surface area contributed by atoms with Crippen LogP contribution in [0.5, 0.6) is 0 Å².